The Morgan fingerprint density at radius 2 is 2.05 bits per heavy atom. The third-order valence-electron chi connectivity index (χ3n) is 3.56. The Balaban J connectivity index is 2.33. The highest BCUT2D eigenvalue weighted by molar-refractivity contribution is 5.90. The van der Waals surface area contributed by atoms with Crippen molar-refractivity contribution in [2.24, 2.45) is 0 Å². The van der Waals surface area contributed by atoms with Crippen LogP contribution in [0.4, 0.5) is 0 Å². The molecular weight excluding hydrogens is 242 g/mol. The molecule has 4 heteroatoms. The van der Waals surface area contributed by atoms with Gasteiger partial charge in [-0.1, -0.05) is 24.3 Å². The Kier molecular flexibility index (Phi) is 3.60. The molecule has 0 aromatic heterocycles. The number of hydrogen-bond acceptors (Lipinski definition) is 3. The molecule has 19 heavy (non-hydrogen) atoms. The summed E-state index contributed by atoms with van der Waals surface area (Å²) < 4.78 is 4.96. The molecule has 102 valence electrons. The second kappa shape index (κ2) is 5.03. The van der Waals surface area contributed by atoms with Crippen molar-refractivity contribution < 1.29 is 14.3 Å². The standard InChI is InChI=1S/C15H19NO3/c1-4-19-13(17)9-12-10-7-5-6-8-11(10)15(2,3)14(18)16-12/h5-8,12H,4,9H2,1-3H3,(H,16,18). The SMILES string of the molecule is CCOC(=O)CC1NC(=O)C(C)(C)c2ccccc21. The number of hydrogen-bond donors (Lipinski definition) is 1. The van der Waals surface area contributed by atoms with Crippen LogP contribution in [0.3, 0.4) is 0 Å². The summed E-state index contributed by atoms with van der Waals surface area (Å²) in [6.07, 6.45) is 0.173. The number of carbonyl (C=O) groups is 2. The van der Waals surface area contributed by atoms with Crippen LogP contribution in [0.5, 0.6) is 0 Å². The smallest absolute Gasteiger partial charge is 0.308 e. The van der Waals surface area contributed by atoms with Crippen molar-refractivity contribution in [1.82, 2.24) is 5.32 Å². The van der Waals surface area contributed by atoms with Crippen LogP contribution in [0.2, 0.25) is 0 Å². The van der Waals surface area contributed by atoms with Crippen molar-refractivity contribution in [2.75, 3.05) is 6.61 Å². The van der Waals surface area contributed by atoms with Crippen LogP contribution in [-0.2, 0) is 19.7 Å². The highest BCUT2D eigenvalue weighted by Crippen LogP contribution is 2.36. The van der Waals surface area contributed by atoms with Gasteiger partial charge in [-0.2, -0.15) is 0 Å². The number of benzene rings is 1. The molecular formula is C15H19NO3. The van der Waals surface area contributed by atoms with Gasteiger partial charge in [0.15, 0.2) is 0 Å². The number of fused-ring (bicyclic) bond motifs is 1. The minimum absolute atomic E-state index is 0.0551. The molecule has 2 rings (SSSR count). The molecule has 0 spiro atoms. The highest BCUT2D eigenvalue weighted by atomic mass is 16.5. The Hall–Kier alpha value is -1.84. The second-order valence-corrected chi connectivity index (χ2v) is 5.25. The zero-order chi connectivity index (χ0) is 14.0. The van der Waals surface area contributed by atoms with Gasteiger partial charge < -0.3 is 10.1 Å². The second-order valence-electron chi connectivity index (χ2n) is 5.25. The molecule has 0 fully saturated rings. The molecule has 0 saturated heterocycles. The van der Waals surface area contributed by atoms with E-state index in [-0.39, 0.29) is 24.3 Å². The fourth-order valence-electron chi connectivity index (χ4n) is 2.46. The molecule has 0 saturated carbocycles. The summed E-state index contributed by atoms with van der Waals surface area (Å²) in [7, 11) is 0. The van der Waals surface area contributed by atoms with E-state index < -0.39 is 5.41 Å². The van der Waals surface area contributed by atoms with E-state index >= 15 is 0 Å². The first-order chi connectivity index (χ1) is 8.96. The maximum atomic E-state index is 12.2. The number of carbonyl (C=O) groups excluding carboxylic acids is 2. The first-order valence-electron chi connectivity index (χ1n) is 6.52. The zero-order valence-corrected chi connectivity index (χ0v) is 11.5. The number of nitrogens with one attached hydrogen (secondary N) is 1. The average Bonchev–Trinajstić information content (AvgIpc) is 2.37. The Bertz CT molecular complexity index is 508. The molecule has 1 heterocycles. The van der Waals surface area contributed by atoms with Crippen LogP contribution in [0.15, 0.2) is 24.3 Å². The fraction of sp³-hybridized carbons (Fsp3) is 0.467. The van der Waals surface area contributed by atoms with Gasteiger partial charge in [0.1, 0.15) is 0 Å². The number of ether oxygens (including phenoxy) is 1. The van der Waals surface area contributed by atoms with Gasteiger partial charge in [-0.15, -0.1) is 0 Å². The number of esters is 1. The normalized spacial score (nSPS) is 20.4. The van der Waals surface area contributed by atoms with Gasteiger partial charge in [0.2, 0.25) is 5.91 Å². The van der Waals surface area contributed by atoms with Gasteiger partial charge >= 0.3 is 5.97 Å². The molecule has 1 aromatic carbocycles. The quantitative estimate of drug-likeness (QED) is 0.848. The van der Waals surface area contributed by atoms with Gasteiger partial charge in [-0.05, 0) is 31.9 Å². The molecule has 1 unspecified atom stereocenters. The van der Waals surface area contributed by atoms with E-state index in [0.717, 1.165) is 11.1 Å². The summed E-state index contributed by atoms with van der Waals surface area (Å²) in [5.41, 5.74) is 1.41. The topological polar surface area (TPSA) is 55.4 Å². The minimum Gasteiger partial charge on any atom is -0.466 e. The molecule has 1 aliphatic rings. The fourth-order valence-corrected chi connectivity index (χ4v) is 2.46. The Morgan fingerprint density at radius 3 is 2.74 bits per heavy atom. The maximum Gasteiger partial charge on any atom is 0.308 e. The maximum absolute atomic E-state index is 12.2. The van der Waals surface area contributed by atoms with Gasteiger partial charge in [0.25, 0.3) is 0 Å². The lowest BCUT2D eigenvalue weighted by molar-refractivity contribution is -0.144. The predicted octanol–water partition coefficient (Wildman–Crippen LogP) is 2.09. The van der Waals surface area contributed by atoms with E-state index in [9.17, 15) is 9.59 Å². The van der Waals surface area contributed by atoms with E-state index in [0.29, 0.717) is 6.61 Å². The minimum atomic E-state index is -0.568. The molecule has 1 amide bonds. The van der Waals surface area contributed by atoms with Crippen LogP contribution in [0, 0.1) is 0 Å². The summed E-state index contributed by atoms with van der Waals surface area (Å²) in [5.74, 6) is -0.345. The van der Waals surface area contributed by atoms with Crippen molar-refractivity contribution in [1.29, 1.82) is 0 Å². The molecule has 0 bridgehead atoms. The third kappa shape index (κ3) is 2.48. The van der Waals surface area contributed by atoms with Crippen LogP contribution < -0.4 is 5.32 Å². The molecule has 0 radical (unpaired) electrons. The number of amides is 1. The van der Waals surface area contributed by atoms with Crippen molar-refractivity contribution in [3.05, 3.63) is 35.4 Å². The first-order valence-corrected chi connectivity index (χ1v) is 6.52. The van der Waals surface area contributed by atoms with E-state index in [4.69, 9.17) is 4.74 Å². The molecule has 1 aliphatic heterocycles. The Morgan fingerprint density at radius 1 is 1.37 bits per heavy atom. The molecule has 1 aromatic rings. The summed E-state index contributed by atoms with van der Waals surface area (Å²) in [6, 6.07) is 7.45. The van der Waals surface area contributed by atoms with Gasteiger partial charge in [-0.25, -0.2) is 0 Å². The largest absolute Gasteiger partial charge is 0.466 e. The third-order valence-corrected chi connectivity index (χ3v) is 3.56. The van der Waals surface area contributed by atoms with Crippen LogP contribution in [-0.4, -0.2) is 18.5 Å². The zero-order valence-electron chi connectivity index (χ0n) is 11.5. The van der Waals surface area contributed by atoms with Gasteiger partial charge in [-0.3, -0.25) is 9.59 Å². The lowest BCUT2D eigenvalue weighted by Gasteiger charge is -2.36. The van der Waals surface area contributed by atoms with Crippen LogP contribution in [0.1, 0.15) is 44.4 Å². The monoisotopic (exact) mass is 261 g/mol. The van der Waals surface area contributed by atoms with Crippen molar-refractivity contribution in [2.45, 2.75) is 38.6 Å². The lowest BCUT2D eigenvalue weighted by atomic mass is 9.75. The summed E-state index contributed by atoms with van der Waals surface area (Å²) in [4.78, 5) is 23.8. The number of rotatable bonds is 3. The lowest BCUT2D eigenvalue weighted by Crippen LogP contribution is -2.47. The van der Waals surface area contributed by atoms with E-state index in [1.54, 1.807) is 6.92 Å². The highest BCUT2D eigenvalue weighted by Gasteiger charge is 2.39. The average molecular weight is 261 g/mol. The van der Waals surface area contributed by atoms with Gasteiger partial charge in [0, 0.05) is 0 Å². The first kappa shape index (κ1) is 13.6. The van der Waals surface area contributed by atoms with E-state index in [1.807, 2.05) is 38.1 Å². The van der Waals surface area contributed by atoms with Crippen molar-refractivity contribution in [3.8, 4) is 0 Å². The van der Waals surface area contributed by atoms with E-state index in [2.05, 4.69) is 5.32 Å². The summed E-state index contributed by atoms with van der Waals surface area (Å²) >= 11 is 0. The van der Waals surface area contributed by atoms with Gasteiger partial charge in [0.05, 0.1) is 24.5 Å². The van der Waals surface area contributed by atoms with Crippen molar-refractivity contribution in [3.63, 3.8) is 0 Å². The van der Waals surface area contributed by atoms with Crippen molar-refractivity contribution >= 4 is 11.9 Å². The molecule has 1 atom stereocenters. The van der Waals surface area contributed by atoms with Crippen LogP contribution >= 0.6 is 0 Å². The molecule has 0 aliphatic carbocycles. The van der Waals surface area contributed by atoms with E-state index in [1.165, 1.54) is 0 Å². The van der Waals surface area contributed by atoms with Crippen LogP contribution in [0.25, 0.3) is 0 Å². The summed E-state index contributed by atoms with van der Waals surface area (Å²) in [6.45, 7) is 5.91. The Labute approximate surface area is 113 Å². The molecule has 4 nitrogen and oxygen atoms in total. The molecule has 1 N–H and O–H groups in total. The summed E-state index contributed by atoms with van der Waals surface area (Å²) in [5, 5.41) is 2.91. The predicted molar refractivity (Wildman–Crippen MR) is 71.6 cm³/mol.